The van der Waals surface area contributed by atoms with Crippen molar-refractivity contribution in [2.24, 2.45) is 12.8 Å². The van der Waals surface area contributed by atoms with E-state index in [-0.39, 0.29) is 11.6 Å². The van der Waals surface area contributed by atoms with Gasteiger partial charge in [0.1, 0.15) is 0 Å². The molecule has 0 bridgehead atoms. The summed E-state index contributed by atoms with van der Waals surface area (Å²) in [5.74, 6) is 0. The van der Waals surface area contributed by atoms with Crippen molar-refractivity contribution in [3.63, 3.8) is 0 Å². The molecule has 1 heterocycles. The van der Waals surface area contributed by atoms with Gasteiger partial charge < -0.3 is 10.5 Å². The Hall–Kier alpha value is -0.870. The van der Waals surface area contributed by atoms with Crippen LogP contribution in [0.4, 0.5) is 0 Å². The Bertz CT molecular complexity index is 355. The molecule has 1 aromatic rings. The van der Waals surface area contributed by atoms with E-state index in [1.54, 1.807) is 0 Å². The molecule has 1 unspecified atom stereocenters. The Morgan fingerprint density at radius 1 is 1.53 bits per heavy atom. The molecule has 0 spiro atoms. The number of rotatable bonds is 5. The van der Waals surface area contributed by atoms with Crippen molar-refractivity contribution in [3.8, 4) is 0 Å². The van der Waals surface area contributed by atoms with Crippen LogP contribution in [-0.2, 0) is 18.2 Å². The Labute approximate surface area is 103 Å². The summed E-state index contributed by atoms with van der Waals surface area (Å²) >= 11 is 0. The molecule has 4 nitrogen and oxygen atoms in total. The number of aromatic nitrogens is 2. The second-order valence-electron chi connectivity index (χ2n) is 5.04. The zero-order chi connectivity index (χ0) is 12.3. The Balaban J connectivity index is 2.03. The van der Waals surface area contributed by atoms with Crippen LogP contribution in [0.15, 0.2) is 12.4 Å². The van der Waals surface area contributed by atoms with Gasteiger partial charge in [0, 0.05) is 25.9 Å². The maximum absolute atomic E-state index is 6.38. The van der Waals surface area contributed by atoms with Crippen molar-refractivity contribution in [1.29, 1.82) is 0 Å². The van der Waals surface area contributed by atoms with E-state index in [0.29, 0.717) is 0 Å². The zero-order valence-electron chi connectivity index (χ0n) is 10.9. The first-order valence-corrected chi connectivity index (χ1v) is 6.53. The van der Waals surface area contributed by atoms with Gasteiger partial charge in [0.15, 0.2) is 0 Å². The third kappa shape index (κ3) is 2.69. The predicted octanol–water partition coefficient (Wildman–Crippen LogP) is 1.64. The van der Waals surface area contributed by atoms with E-state index in [1.165, 1.54) is 18.4 Å². The summed E-state index contributed by atoms with van der Waals surface area (Å²) in [6, 6.07) is 0.0779. The van der Waals surface area contributed by atoms with Gasteiger partial charge in [-0.1, -0.05) is 12.8 Å². The minimum atomic E-state index is -0.0927. The molecule has 1 aliphatic rings. The number of aryl methyl sites for hydroxylation is 1. The minimum Gasteiger partial charge on any atom is -0.374 e. The standard InChI is InChI=1S/C13H23N3O/c1-3-17-13(6-4-5-7-13)12(14)8-11-9-15-16(2)10-11/h9-10,12H,3-8,14H2,1-2H3. The fourth-order valence-electron chi connectivity index (χ4n) is 2.90. The molecule has 0 aromatic carbocycles. The molecule has 1 atom stereocenters. The number of nitrogens with two attached hydrogens (primary N) is 1. The summed E-state index contributed by atoms with van der Waals surface area (Å²) in [6.45, 7) is 2.80. The molecule has 1 saturated carbocycles. The predicted molar refractivity (Wildman–Crippen MR) is 67.7 cm³/mol. The van der Waals surface area contributed by atoms with E-state index < -0.39 is 0 Å². The van der Waals surface area contributed by atoms with Crippen LogP contribution in [0.2, 0.25) is 0 Å². The van der Waals surface area contributed by atoms with Crippen molar-refractivity contribution in [2.45, 2.75) is 50.7 Å². The smallest absolute Gasteiger partial charge is 0.0835 e. The van der Waals surface area contributed by atoms with Crippen LogP contribution in [0.1, 0.15) is 38.2 Å². The maximum Gasteiger partial charge on any atom is 0.0835 e. The molecule has 0 radical (unpaired) electrons. The van der Waals surface area contributed by atoms with Crippen LogP contribution in [-0.4, -0.2) is 28.0 Å². The molecule has 4 heteroatoms. The lowest BCUT2D eigenvalue weighted by atomic mass is 9.88. The topological polar surface area (TPSA) is 53.1 Å². The van der Waals surface area contributed by atoms with Crippen LogP contribution in [0.25, 0.3) is 0 Å². The first kappa shape index (κ1) is 12.6. The number of hydrogen-bond acceptors (Lipinski definition) is 3. The number of nitrogens with zero attached hydrogens (tertiary/aromatic N) is 2. The summed E-state index contributed by atoms with van der Waals surface area (Å²) < 4.78 is 7.80. The molecular formula is C13H23N3O. The Morgan fingerprint density at radius 2 is 2.24 bits per heavy atom. The molecule has 0 amide bonds. The Kier molecular flexibility index (Phi) is 3.84. The normalized spacial score (nSPS) is 20.6. The Morgan fingerprint density at radius 3 is 2.76 bits per heavy atom. The van der Waals surface area contributed by atoms with Gasteiger partial charge >= 0.3 is 0 Å². The molecule has 1 fully saturated rings. The van der Waals surface area contributed by atoms with Crippen molar-refractivity contribution < 1.29 is 4.74 Å². The first-order valence-electron chi connectivity index (χ1n) is 6.53. The molecule has 0 saturated heterocycles. The van der Waals surface area contributed by atoms with Gasteiger partial charge in [-0.3, -0.25) is 4.68 Å². The van der Waals surface area contributed by atoms with Crippen LogP contribution in [0, 0.1) is 0 Å². The van der Waals surface area contributed by atoms with Crippen LogP contribution in [0.5, 0.6) is 0 Å². The third-order valence-electron chi connectivity index (χ3n) is 3.77. The van der Waals surface area contributed by atoms with E-state index in [1.807, 2.05) is 24.1 Å². The highest BCUT2D eigenvalue weighted by Gasteiger charge is 2.40. The van der Waals surface area contributed by atoms with Crippen LogP contribution in [0.3, 0.4) is 0 Å². The fourth-order valence-corrected chi connectivity index (χ4v) is 2.90. The molecule has 96 valence electrons. The maximum atomic E-state index is 6.38. The molecule has 0 aliphatic heterocycles. The second kappa shape index (κ2) is 5.19. The highest BCUT2D eigenvalue weighted by atomic mass is 16.5. The van der Waals surface area contributed by atoms with E-state index in [4.69, 9.17) is 10.5 Å². The van der Waals surface area contributed by atoms with Crippen LogP contribution >= 0.6 is 0 Å². The second-order valence-corrected chi connectivity index (χ2v) is 5.04. The van der Waals surface area contributed by atoms with E-state index in [0.717, 1.165) is 25.9 Å². The van der Waals surface area contributed by atoms with Crippen molar-refractivity contribution in [2.75, 3.05) is 6.61 Å². The largest absolute Gasteiger partial charge is 0.374 e. The van der Waals surface area contributed by atoms with E-state index in [9.17, 15) is 0 Å². The molecule has 1 aromatic heterocycles. The summed E-state index contributed by atoms with van der Waals surface area (Å²) in [4.78, 5) is 0. The fraction of sp³-hybridized carbons (Fsp3) is 0.769. The molecular weight excluding hydrogens is 214 g/mol. The van der Waals surface area contributed by atoms with Gasteiger partial charge in [0.05, 0.1) is 11.8 Å². The lowest BCUT2D eigenvalue weighted by molar-refractivity contribution is -0.0525. The minimum absolute atomic E-state index is 0.0779. The molecule has 2 N–H and O–H groups in total. The summed E-state index contributed by atoms with van der Waals surface area (Å²) in [5, 5.41) is 4.19. The monoisotopic (exact) mass is 237 g/mol. The van der Waals surface area contributed by atoms with Gasteiger partial charge in [0.2, 0.25) is 0 Å². The van der Waals surface area contributed by atoms with E-state index in [2.05, 4.69) is 12.0 Å². The average molecular weight is 237 g/mol. The molecule has 17 heavy (non-hydrogen) atoms. The van der Waals surface area contributed by atoms with Gasteiger partial charge in [-0.25, -0.2) is 0 Å². The SMILES string of the molecule is CCOC1(C(N)Cc2cnn(C)c2)CCCC1. The lowest BCUT2D eigenvalue weighted by Gasteiger charge is -2.35. The number of hydrogen-bond donors (Lipinski definition) is 1. The van der Waals surface area contributed by atoms with E-state index >= 15 is 0 Å². The summed E-state index contributed by atoms with van der Waals surface area (Å²) in [6.07, 6.45) is 9.46. The average Bonchev–Trinajstić information content (AvgIpc) is 2.89. The van der Waals surface area contributed by atoms with Gasteiger partial charge in [-0.2, -0.15) is 5.10 Å². The van der Waals surface area contributed by atoms with Crippen molar-refractivity contribution in [1.82, 2.24) is 9.78 Å². The summed E-state index contributed by atoms with van der Waals surface area (Å²) in [7, 11) is 1.93. The van der Waals surface area contributed by atoms with Gasteiger partial charge in [0.25, 0.3) is 0 Å². The summed E-state index contributed by atoms with van der Waals surface area (Å²) in [5.41, 5.74) is 7.49. The van der Waals surface area contributed by atoms with Gasteiger partial charge in [-0.05, 0) is 31.7 Å². The van der Waals surface area contributed by atoms with Gasteiger partial charge in [-0.15, -0.1) is 0 Å². The molecule has 2 rings (SSSR count). The first-order chi connectivity index (χ1) is 8.16. The van der Waals surface area contributed by atoms with Crippen LogP contribution < -0.4 is 5.73 Å². The highest BCUT2D eigenvalue weighted by Crippen LogP contribution is 2.36. The van der Waals surface area contributed by atoms with Crippen molar-refractivity contribution in [3.05, 3.63) is 18.0 Å². The third-order valence-corrected chi connectivity index (χ3v) is 3.77. The molecule has 1 aliphatic carbocycles. The number of ether oxygens (including phenoxy) is 1. The lowest BCUT2D eigenvalue weighted by Crippen LogP contribution is -2.49. The highest BCUT2D eigenvalue weighted by molar-refractivity contribution is 5.09. The van der Waals surface area contributed by atoms with Crippen molar-refractivity contribution >= 4 is 0 Å². The zero-order valence-corrected chi connectivity index (χ0v) is 10.9. The quantitative estimate of drug-likeness (QED) is 0.847.